The van der Waals surface area contributed by atoms with Crippen LogP contribution in [0.3, 0.4) is 0 Å². The average Bonchev–Trinajstić information content (AvgIpc) is 3.20. The van der Waals surface area contributed by atoms with Gasteiger partial charge in [-0.25, -0.2) is 14.2 Å². The van der Waals surface area contributed by atoms with Crippen LogP contribution >= 0.6 is 0 Å². The zero-order valence-corrected chi connectivity index (χ0v) is 17.5. The molecule has 1 aliphatic heterocycles. The fraction of sp³-hybridized carbons (Fsp3) is 0.348. The topological polar surface area (TPSA) is 77.4 Å². The van der Waals surface area contributed by atoms with Gasteiger partial charge in [-0.1, -0.05) is 18.2 Å². The van der Waals surface area contributed by atoms with E-state index in [2.05, 4.69) is 5.10 Å². The van der Waals surface area contributed by atoms with Crippen molar-refractivity contribution in [1.29, 1.82) is 0 Å². The zero-order valence-electron chi connectivity index (χ0n) is 17.5. The molecule has 1 heterocycles. The van der Waals surface area contributed by atoms with Crippen molar-refractivity contribution in [3.05, 3.63) is 60.2 Å². The number of carbonyl (C=O) groups excluding carboxylic acids is 2. The molecular weight excluding hydrogens is 402 g/mol. The summed E-state index contributed by atoms with van der Waals surface area (Å²) in [6.07, 6.45) is 0. The molecule has 2 unspecified atom stereocenters. The Hall–Kier alpha value is -3.42. The summed E-state index contributed by atoms with van der Waals surface area (Å²) >= 11 is 0. The molecule has 2 aromatic carbocycles. The number of carbonyl (C=O) groups is 2. The lowest BCUT2D eigenvalue weighted by molar-refractivity contribution is -0.153. The molecule has 2 atom stereocenters. The van der Waals surface area contributed by atoms with Gasteiger partial charge >= 0.3 is 11.9 Å². The normalized spacial score (nSPS) is 17.8. The zero-order chi connectivity index (χ0) is 22.2. The Morgan fingerprint density at radius 2 is 1.61 bits per heavy atom. The van der Waals surface area contributed by atoms with Crippen LogP contribution in [0.4, 0.5) is 10.1 Å². The van der Waals surface area contributed by atoms with E-state index in [0.717, 1.165) is 0 Å². The van der Waals surface area contributed by atoms with Gasteiger partial charge in [-0.3, -0.25) is 4.79 Å². The van der Waals surface area contributed by atoms with Crippen LogP contribution in [0.15, 0.2) is 59.7 Å². The Morgan fingerprint density at radius 1 is 0.968 bits per heavy atom. The molecule has 1 aliphatic rings. The number of para-hydroxylation sites is 1. The highest BCUT2D eigenvalue weighted by atomic mass is 18.2. The summed E-state index contributed by atoms with van der Waals surface area (Å²) in [7, 11) is 0. The monoisotopic (exact) mass is 427 g/mol. The van der Waals surface area contributed by atoms with Gasteiger partial charge in [0.25, 0.3) is 0 Å². The van der Waals surface area contributed by atoms with Gasteiger partial charge in [0.1, 0.15) is 24.9 Å². The largest absolute Gasteiger partial charge is 0.491 e. The summed E-state index contributed by atoms with van der Waals surface area (Å²) in [5.41, 5.74) is 1.66. The highest BCUT2D eigenvalue weighted by molar-refractivity contribution is 6.17. The van der Waals surface area contributed by atoms with Gasteiger partial charge in [-0.05, 0) is 55.8 Å². The van der Waals surface area contributed by atoms with E-state index in [4.69, 9.17) is 14.2 Å². The number of benzene rings is 2. The Kier molecular flexibility index (Phi) is 7.59. The average molecular weight is 427 g/mol. The highest BCUT2D eigenvalue weighted by Gasteiger charge is 2.49. The number of ether oxygens (including phenoxy) is 3. The van der Waals surface area contributed by atoms with Crippen LogP contribution in [0.25, 0.3) is 0 Å². The van der Waals surface area contributed by atoms with Gasteiger partial charge in [0.15, 0.2) is 6.04 Å². The molecule has 0 saturated carbocycles. The van der Waals surface area contributed by atoms with E-state index in [0.29, 0.717) is 22.7 Å². The van der Waals surface area contributed by atoms with E-state index < -0.39 is 30.6 Å². The summed E-state index contributed by atoms with van der Waals surface area (Å²) in [6, 6.07) is 14.9. The van der Waals surface area contributed by atoms with Gasteiger partial charge in [0, 0.05) is 0 Å². The smallest absolute Gasteiger partial charge is 0.332 e. The Bertz CT molecular complexity index is 917. The minimum atomic E-state index is -1.00. The lowest BCUT2D eigenvalue weighted by Gasteiger charge is -2.25. The van der Waals surface area contributed by atoms with Gasteiger partial charge in [0.2, 0.25) is 0 Å². The van der Waals surface area contributed by atoms with Crippen molar-refractivity contribution < 1.29 is 28.2 Å². The van der Waals surface area contributed by atoms with Gasteiger partial charge in [0.05, 0.1) is 24.6 Å². The number of rotatable bonds is 9. The van der Waals surface area contributed by atoms with Crippen molar-refractivity contribution in [3.63, 3.8) is 0 Å². The maximum absolute atomic E-state index is 12.9. The van der Waals surface area contributed by atoms with Gasteiger partial charge < -0.3 is 14.2 Å². The first-order valence-corrected chi connectivity index (χ1v) is 10.2. The second-order valence-electron chi connectivity index (χ2n) is 6.65. The molecule has 164 valence electrons. The number of hydrogen-bond donors (Lipinski definition) is 0. The van der Waals surface area contributed by atoms with Crippen LogP contribution in [0.2, 0.25) is 0 Å². The third-order valence-corrected chi connectivity index (χ3v) is 4.67. The predicted octanol–water partition coefficient (Wildman–Crippen LogP) is 3.37. The van der Waals surface area contributed by atoms with Crippen molar-refractivity contribution in [2.24, 2.45) is 11.0 Å². The molecule has 0 bridgehead atoms. The molecule has 31 heavy (non-hydrogen) atoms. The third kappa shape index (κ3) is 5.02. The molecular formula is C23H25FN2O5. The third-order valence-electron chi connectivity index (χ3n) is 4.67. The first-order chi connectivity index (χ1) is 15.1. The second kappa shape index (κ2) is 10.6. The van der Waals surface area contributed by atoms with Gasteiger partial charge in [-0.15, -0.1) is 0 Å². The maximum Gasteiger partial charge on any atom is 0.332 e. The molecule has 0 amide bonds. The van der Waals surface area contributed by atoms with Crippen LogP contribution < -0.4 is 9.75 Å². The van der Waals surface area contributed by atoms with Crippen LogP contribution in [0.1, 0.15) is 19.4 Å². The Labute approximate surface area is 180 Å². The van der Waals surface area contributed by atoms with Crippen molar-refractivity contribution >= 4 is 23.3 Å². The van der Waals surface area contributed by atoms with Gasteiger partial charge in [-0.2, -0.15) is 5.10 Å². The summed E-state index contributed by atoms with van der Waals surface area (Å²) in [5.74, 6) is -1.60. The molecule has 8 heteroatoms. The Balaban J connectivity index is 2.04. The predicted molar refractivity (Wildman–Crippen MR) is 114 cm³/mol. The first kappa shape index (κ1) is 22.3. The number of alkyl halides is 1. The first-order valence-electron chi connectivity index (χ1n) is 10.2. The molecule has 2 aromatic rings. The van der Waals surface area contributed by atoms with Crippen LogP contribution in [-0.4, -0.2) is 50.2 Å². The van der Waals surface area contributed by atoms with Crippen LogP contribution in [0.5, 0.6) is 5.75 Å². The van der Waals surface area contributed by atoms with E-state index in [-0.39, 0.29) is 19.8 Å². The molecule has 0 aliphatic carbocycles. The van der Waals surface area contributed by atoms with Crippen LogP contribution in [-0.2, 0) is 19.1 Å². The lowest BCUT2D eigenvalue weighted by atomic mass is 9.90. The van der Waals surface area contributed by atoms with Crippen LogP contribution in [0, 0.1) is 5.92 Å². The van der Waals surface area contributed by atoms with Crippen molar-refractivity contribution in [2.75, 3.05) is 31.5 Å². The molecule has 3 rings (SSSR count). The van der Waals surface area contributed by atoms with Crippen molar-refractivity contribution in [1.82, 2.24) is 0 Å². The maximum atomic E-state index is 12.9. The lowest BCUT2D eigenvalue weighted by Crippen LogP contribution is -2.45. The molecule has 0 radical (unpaired) electrons. The van der Waals surface area contributed by atoms with Crippen molar-refractivity contribution in [3.8, 4) is 5.75 Å². The second-order valence-corrected chi connectivity index (χ2v) is 6.65. The number of hydrazone groups is 1. The molecule has 7 nitrogen and oxygen atoms in total. The number of anilines is 1. The number of hydrogen-bond acceptors (Lipinski definition) is 7. The van der Waals surface area contributed by atoms with E-state index >= 15 is 0 Å². The van der Waals surface area contributed by atoms with Crippen molar-refractivity contribution in [2.45, 2.75) is 19.9 Å². The Morgan fingerprint density at radius 3 is 2.23 bits per heavy atom. The molecule has 0 N–H and O–H groups in total. The minimum absolute atomic E-state index is 0.0432. The highest BCUT2D eigenvalue weighted by Crippen LogP contribution is 2.33. The quantitative estimate of drug-likeness (QED) is 0.571. The minimum Gasteiger partial charge on any atom is -0.491 e. The summed E-state index contributed by atoms with van der Waals surface area (Å²) < 4.78 is 28.2. The molecule has 0 fully saturated rings. The van der Waals surface area contributed by atoms with E-state index in [1.54, 1.807) is 50.2 Å². The SMILES string of the molecule is CCOC(=O)C1C(c2ccc(OCC[18F])cc2)=NN(c2ccccc2)C1C(=O)OCC. The molecule has 0 spiro atoms. The summed E-state index contributed by atoms with van der Waals surface area (Å²) in [4.78, 5) is 25.8. The number of esters is 2. The standard InChI is InChI=1S/C23H25FN2O5/c1-3-29-22(27)19-20(16-10-12-18(13-11-16)31-15-14-24)25-26(17-8-6-5-7-9-17)21(19)23(28)30-4-2/h5-13,19,21H,3-4,14-15H2,1-2H3/i24-1. The summed E-state index contributed by atoms with van der Waals surface area (Å²) in [5, 5.41) is 6.14. The number of nitrogens with zero attached hydrogens (tertiary/aromatic N) is 2. The molecule has 0 saturated heterocycles. The fourth-order valence-electron chi connectivity index (χ4n) is 3.38. The molecule has 0 aromatic heterocycles. The number of halogens is 1. The fourth-order valence-corrected chi connectivity index (χ4v) is 3.38. The van der Waals surface area contributed by atoms with E-state index in [1.807, 2.05) is 18.2 Å². The summed E-state index contributed by atoms with van der Waals surface area (Å²) in [6.45, 7) is 3.11. The van der Waals surface area contributed by atoms with E-state index in [9.17, 15) is 14.0 Å². The van der Waals surface area contributed by atoms with E-state index in [1.165, 1.54) is 5.01 Å².